The van der Waals surface area contributed by atoms with Crippen LogP contribution < -0.4 is 20.1 Å². The highest BCUT2D eigenvalue weighted by atomic mass is 16.5. The number of amides is 4. The van der Waals surface area contributed by atoms with E-state index in [-0.39, 0.29) is 5.57 Å². The predicted octanol–water partition coefficient (Wildman–Crippen LogP) is 2.02. The van der Waals surface area contributed by atoms with Crippen LogP contribution in [-0.4, -0.2) is 25.0 Å². The molecular formula is C19H16N2O5. The molecule has 26 heavy (non-hydrogen) atoms. The fourth-order valence-corrected chi connectivity index (χ4v) is 2.40. The summed E-state index contributed by atoms with van der Waals surface area (Å²) in [7, 11) is 1.52. The lowest BCUT2D eigenvalue weighted by Gasteiger charge is -2.15. The van der Waals surface area contributed by atoms with Crippen LogP contribution in [0.15, 0.2) is 54.1 Å². The molecule has 132 valence electrons. The molecule has 7 nitrogen and oxygen atoms in total. The maximum absolute atomic E-state index is 11.8. The molecule has 4 amide bonds. The van der Waals surface area contributed by atoms with Crippen LogP contribution in [0.1, 0.15) is 11.1 Å². The molecule has 1 heterocycles. The number of ether oxygens (including phenoxy) is 2. The first-order chi connectivity index (χ1) is 12.6. The Morgan fingerprint density at radius 2 is 1.62 bits per heavy atom. The number of carbonyl (C=O) groups excluding carboxylic acids is 3. The third kappa shape index (κ3) is 3.89. The van der Waals surface area contributed by atoms with Gasteiger partial charge < -0.3 is 9.47 Å². The molecule has 0 saturated carbocycles. The first kappa shape index (κ1) is 17.2. The van der Waals surface area contributed by atoms with E-state index in [1.165, 1.54) is 13.2 Å². The van der Waals surface area contributed by atoms with E-state index >= 15 is 0 Å². The highest BCUT2D eigenvalue weighted by Gasteiger charge is 2.27. The minimum Gasteiger partial charge on any atom is -0.493 e. The van der Waals surface area contributed by atoms with Crippen molar-refractivity contribution < 1.29 is 23.9 Å². The lowest BCUT2D eigenvalue weighted by molar-refractivity contribution is -0.123. The summed E-state index contributed by atoms with van der Waals surface area (Å²) >= 11 is 0. The van der Waals surface area contributed by atoms with Gasteiger partial charge in [0, 0.05) is 0 Å². The van der Waals surface area contributed by atoms with Crippen LogP contribution in [0.5, 0.6) is 11.5 Å². The standard InChI is InChI=1S/C19H16N2O5/c1-25-15-8-7-13(9-14-17(22)20-19(24)21-18(14)23)10-16(15)26-11-12-5-3-2-4-6-12/h2-10H,11H2,1H3,(H2,20,21,22,23,24). The highest BCUT2D eigenvalue weighted by Crippen LogP contribution is 2.30. The number of hydrogen-bond donors (Lipinski definition) is 2. The number of imide groups is 2. The van der Waals surface area contributed by atoms with E-state index in [1.807, 2.05) is 41.0 Å². The normalized spacial score (nSPS) is 13.7. The molecule has 0 aliphatic carbocycles. The summed E-state index contributed by atoms with van der Waals surface area (Å²) < 4.78 is 11.1. The molecular weight excluding hydrogens is 336 g/mol. The van der Waals surface area contributed by atoms with Crippen molar-refractivity contribution in [1.29, 1.82) is 0 Å². The number of hydrogen-bond acceptors (Lipinski definition) is 5. The van der Waals surface area contributed by atoms with E-state index in [9.17, 15) is 14.4 Å². The Kier molecular flexibility index (Phi) is 4.98. The first-order valence-corrected chi connectivity index (χ1v) is 7.80. The molecule has 0 bridgehead atoms. The van der Waals surface area contributed by atoms with Gasteiger partial charge in [-0.1, -0.05) is 36.4 Å². The zero-order valence-corrected chi connectivity index (χ0v) is 13.9. The molecule has 0 atom stereocenters. The van der Waals surface area contributed by atoms with Gasteiger partial charge in [0.25, 0.3) is 11.8 Å². The van der Waals surface area contributed by atoms with E-state index in [4.69, 9.17) is 9.47 Å². The minimum atomic E-state index is -0.834. The number of barbiturate groups is 1. The summed E-state index contributed by atoms with van der Waals surface area (Å²) in [6.07, 6.45) is 1.38. The van der Waals surface area contributed by atoms with E-state index in [0.717, 1.165) is 5.56 Å². The van der Waals surface area contributed by atoms with Crippen LogP contribution in [0.4, 0.5) is 4.79 Å². The van der Waals surface area contributed by atoms with Gasteiger partial charge in [-0.2, -0.15) is 0 Å². The van der Waals surface area contributed by atoms with Gasteiger partial charge in [0.05, 0.1) is 7.11 Å². The molecule has 1 aliphatic heterocycles. The number of rotatable bonds is 5. The Bertz CT molecular complexity index is 868. The Labute approximate surface area is 149 Å². The van der Waals surface area contributed by atoms with Crippen LogP contribution in [0.3, 0.4) is 0 Å². The third-order valence-corrected chi connectivity index (χ3v) is 3.68. The van der Waals surface area contributed by atoms with Crippen molar-refractivity contribution in [3.05, 3.63) is 65.2 Å². The first-order valence-electron chi connectivity index (χ1n) is 7.80. The number of methoxy groups -OCH3 is 1. The topological polar surface area (TPSA) is 93.7 Å². The summed E-state index contributed by atoms with van der Waals surface area (Å²) in [6.45, 7) is 0.340. The fraction of sp³-hybridized carbons (Fsp3) is 0.105. The smallest absolute Gasteiger partial charge is 0.328 e. The van der Waals surface area contributed by atoms with E-state index < -0.39 is 17.8 Å². The Morgan fingerprint density at radius 1 is 0.923 bits per heavy atom. The lowest BCUT2D eigenvalue weighted by atomic mass is 10.1. The Morgan fingerprint density at radius 3 is 2.27 bits per heavy atom. The van der Waals surface area contributed by atoms with Crippen LogP contribution in [0.2, 0.25) is 0 Å². The fourth-order valence-electron chi connectivity index (χ4n) is 2.40. The van der Waals surface area contributed by atoms with Gasteiger partial charge in [-0.15, -0.1) is 0 Å². The molecule has 0 unspecified atom stereocenters. The SMILES string of the molecule is COc1ccc(C=C2C(=O)NC(=O)NC2=O)cc1OCc1ccccc1. The highest BCUT2D eigenvalue weighted by molar-refractivity contribution is 6.31. The van der Waals surface area contributed by atoms with E-state index in [0.29, 0.717) is 23.7 Å². The third-order valence-electron chi connectivity index (χ3n) is 3.68. The molecule has 0 aromatic heterocycles. The zero-order valence-electron chi connectivity index (χ0n) is 13.9. The van der Waals surface area contributed by atoms with Crippen molar-refractivity contribution in [1.82, 2.24) is 10.6 Å². The van der Waals surface area contributed by atoms with Crippen molar-refractivity contribution in [2.45, 2.75) is 6.61 Å². The van der Waals surface area contributed by atoms with E-state index in [2.05, 4.69) is 0 Å². The van der Waals surface area contributed by atoms with Crippen LogP contribution in [-0.2, 0) is 16.2 Å². The molecule has 0 radical (unpaired) electrons. The quantitative estimate of drug-likeness (QED) is 0.634. The van der Waals surface area contributed by atoms with Crippen LogP contribution in [0.25, 0.3) is 6.08 Å². The molecule has 2 aromatic rings. The molecule has 2 aromatic carbocycles. The van der Waals surface area contributed by atoms with Gasteiger partial charge in [-0.05, 0) is 29.3 Å². The number of nitrogens with one attached hydrogen (secondary N) is 2. The summed E-state index contributed by atoms with van der Waals surface area (Å²) in [6, 6.07) is 13.8. The lowest BCUT2D eigenvalue weighted by Crippen LogP contribution is -2.51. The van der Waals surface area contributed by atoms with Gasteiger partial charge in [0.2, 0.25) is 0 Å². The second-order valence-corrected chi connectivity index (χ2v) is 5.48. The number of carbonyl (C=O) groups is 3. The van der Waals surface area contributed by atoms with Gasteiger partial charge in [0.1, 0.15) is 12.2 Å². The molecule has 0 spiro atoms. The Hall–Kier alpha value is -3.61. The maximum Gasteiger partial charge on any atom is 0.328 e. The van der Waals surface area contributed by atoms with Crippen molar-refractivity contribution in [2.75, 3.05) is 7.11 Å². The summed E-state index contributed by atoms with van der Waals surface area (Å²) in [4.78, 5) is 34.8. The zero-order chi connectivity index (χ0) is 18.5. The van der Waals surface area contributed by atoms with Crippen molar-refractivity contribution in [2.24, 2.45) is 0 Å². The average Bonchev–Trinajstić information content (AvgIpc) is 2.64. The van der Waals surface area contributed by atoms with Gasteiger partial charge in [-0.25, -0.2) is 4.79 Å². The summed E-state index contributed by atoms with van der Waals surface area (Å²) in [5.74, 6) is -0.503. The number of benzene rings is 2. The molecule has 1 saturated heterocycles. The molecule has 7 heteroatoms. The van der Waals surface area contributed by atoms with Crippen molar-refractivity contribution >= 4 is 23.9 Å². The molecule has 3 rings (SSSR count). The molecule has 2 N–H and O–H groups in total. The van der Waals surface area contributed by atoms with Crippen LogP contribution >= 0.6 is 0 Å². The average molecular weight is 352 g/mol. The second kappa shape index (κ2) is 7.52. The monoisotopic (exact) mass is 352 g/mol. The van der Waals surface area contributed by atoms with Crippen molar-refractivity contribution in [3.63, 3.8) is 0 Å². The molecule has 1 fully saturated rings. The van der Waals surface area contributed by atoms with Gasteiger partial charge in [-0.3, -0.25) is 20.2 Å². The summed E-state index contributed by atoms with van der Waals surface area (Å²) in [5.41, 5.74) is 1.38. The largest absolute Gasteiger partial charge is 0.493 e. The van der Waals surface area contributed by atoms with E-state index in [1.54, 1.807) is 18.2 Å². The summed E-state index contributed by atoms with van der Waals surface area (Å²) in [5, 5.41) is 4.06. The van der Waals surface area contributed by atoms with Crippen LogP contribution in [0, 0.1) is 0 Å². The maximum atomic E-state index is 11.8. The minimum absolute atomic E-state index is 0.163. The second-order valence-electron chi connectivity index (χ2n) is 5.48. The Balaban J connectivity index is 1.85. The molecule has 1 aliphatic rings. The number of urea groups is 1. The van der Waals surface area contributed by atoms with Crippen molar-refractivity contribution in [3.8, 4) is 11.5 Å². The van der Waals surface area contributed by atoms with Gasteiger partial charge in [0.15, 0.2) is 11.5 Å². The van der Waals surface area contributed by atoms with Gasteiger partial charge >= 0.3 is 6.03 Å². The predicted molar refractivity (Wildman–Crippen MR) is 93.4 cm³/mol.